The van der Waals surface area contributed by atoms with E-state index in [-0.39, 0.29) is 34.9 Å². The summed E-state index contributed by atoms with van der Waals surface area (Å²) in [6.07, 6.45) is 0.653. The van der Waals surface area contributed by atoms with Crippen molar-refractivity contribution in [2.45, 2.75) is 97.2 Å². The zero-order valence-electron chi connectivity index (χ0n) is 22.0. The van der Waals surface area contributed by atoms with E-state index in [1.54, 1.807) is 0 Å². The Bertz CT molecular complexity index is 799. The normalized spacial score (nSPS) is 22.3. The molecule has 1 aliphatic heterocycles. The van der Waals surface area contributed by atoms with Crippen LogP contribution in [0.5, 0.6) is 0 Å². The number of carbonyl (C=O) groups is 2. The Balaban J connectivity index is 2.34. The van der Waals surface area contributed by atoms with Gasteiger partial charge in [0, 0.05) is 38.6 Å². The molecule has 0 radical (unpaired) electrons. The van der Waals surface area contributed by atoms with Crippen LogP contribution in [0, 0.1) is 5.92 Å². The van der Waals surface area contributed by atoms with Crippen LogP contribution in [0.1, 0.15) is 60.5 Å². The van der Waals surface area contributed by atoms with Gasteiger partial charge in [-0.15, -0.1) is 0 Å². The number of nitrogens with one attached hydrogen (secondary N) is 1. The van der Waals surface area contributed by atoms with Gasteiger partial charge in [-0.3, -0.25) is 14.5 Å². The number of benzene rings is 1. The van der Waals surface area contributed by atoms with Gasteiger partial charge in [0.2, 0.25) is 5.91 Å². The standard InChI is InChI=1S/C26H44N2O4Si/c1-19(29)27-16-23-21(18-31-33(8,9)26(5,6)7)15-22(24(30)32-25(2,3)4)28(23)17-20-13-11-10-12-14-20/h10-14,21-23H,15-18H2,1-9H3,(H,27,29)/t21-,22+,23-/m0/s1. The van der Waals surface area contributed by atoms with E-state index in [4.69, 9.17) is 9.16 Å². The summed E-state index contributed by atoms with van der Waals surface area (Å²) in [5.41, 5.74) is 0.572. The average Bonchev–Trinajstić information content (AvgIpc) is 3.01. The minimum absolute atomic E-state index is 0.0172. The molecule has 0 spiro atoms. The Labute approximate surface area is 201 Å². The fourth-order valence-electron chi connectivity index (χ4n) is 3.95. The van der Waals surface area contributed by atoms with Gasteiger partial charge in [0.1, 0.15) is 11.6 Å². The van der Waals surface area contributed by atoms with Crippen molar-refractivity contribution in [1.82, 2.24) is 10.2 Å². The monoisotopic (exact) mass is 476 g/mol. The maximum absolute atomic E-state index is 13.3. The third-order valence-electron chi connectivity index (χ3n) is 6.81. The molecule has 3 atom stereocenters. The zero-order valence-corrected chi connectivity index (χ0v) is 23.0. The summed E-state index contributed by atoms with van der Waals surface area (Å²) in [5, 5.41) is 3.10. The molecule has 0 unspecified atom stereocenters. The quantitative estimate of drug-likeness (QED) is 0.433. The smallest absolute Gasteiger partial charge is 0.323 e. The molecule has 0 aromatic heterocycles. The van der Waals surface area contributed by atoms with Gasteiger partial charge in [0.15, 0.2) is 8.32 Å². The number of esters is 1. The lowest BCUT2D eigenvalue weighted by Gasteiger charge is -2.38. The maximum Gasteiger partial charge on any atom is 0.323 e. The van der Waals surface area contributed by atoms with E-state index < -0.39 is 13.9 Å². The Hall–Kier alpha value is -1.70. The van der Waals surface area contributed by atoms with Crippen molar-refractivity contribution in [2.75, 3.05) is 13.2 Å². The third kappa shape index (κ3) is 7.93. The molecule has 7 heteroatoms. The fraction of sp³-hybridized carbons (Fsp3) is 0.692. The molecule has 0 bridgehead atoms. The van der Waals surface area contributed by atoms with Gasteiger partial charge in [-0.05, 0) is 50.9 Å². The number of hydrogen-bond acceptors (Lipinski definition) is 5. The second-order valence-corrected chi connectivity index (χ2v) is 16.6. The summed E-state index contributed by atoms with van der Waals surface area (Å²) in [5.74, 6) is -0.160. The lowest BCUT2D eigenvalue weighted by molar-refractivity contribution is -0.161. The summed E-state index contributed by atoms with van der Waals surface area (Å²) < 4.78 is 12.4. The summed E-state index contributed by atoms with van der Waals surface area (Å²) >= 11 is 0. The molecule has 1 aromatic rings. The van der Waals surface area contributed by atoms with Gasteiger partial charge in [0.25, 0.3) is 0 Å². The van der Waals surface area contributed by atoms with Crippen LogP contribution in [0.2, 0.25) is 18.1 Å². The molecular formula is C26H44N2O4Si. The largest absolute Gasteiger partial charge is 0.459 e. The van der Waals surface area contributed by atoms with Crippen LogP contribution in [-0.2, 0) is 25.3 Å². The van der Waals surface area contributed by atoms with Crippen LogP contribution < -0.4 is 5.32 Å². The highest BCUT2D eigenvalue weighted by atomic mass is 28.4. The van der Waals surface area contributed by atoms with E-state index in [2.05, 4.69) is 56.2 Å². The summed E-state index contributed by atoms with van der Waals surface area (Å²) in [6, 6.07) is 9.75. The highest BCUT2D eigenvalue weighted by Crippen LogP contribution is 2.39. The molecule has 1 aromatic carbocycles. The molecule has 1 aliphatic rings. The van der Waals surface area contributed by atoms with E-state index in [0.717, 1.165) is 5.56 Å². The first-order valence-corrected chi connectivity index (χ1v) is 14.9. The van der Waals surface area contributed by atoms with Crippen molar-refractivity contribution in [3.63, 3.8) is 0 Å². The highest BCUT2D eigenvalue weighted by molar-refractivity contribution is 6.74. The van der Waals surface area contributed by atoms with Crippen molar-refractivity contribution in [1.29, 1.82) is 0 Å². The predicted octanol–water partition coefficient (Wildman–Crippen LogP) is 4.75. The third-order valence-corrected chi connectivity index (χ3v) is 11.3. The number of amides is 1. The van der Waals surface area contributed by atoms with Crippen molar-refractivity contribution < 1.29 is 18.8 Å². The molecule has 0 saturated carbocycles. The number of carbonyl (C=O) groups excluding carboxylic acids is 2. The molecule has 1 N–H and O–H groups in total. The lowest BCUT2D eigenvalue weighted by Crippen LogP contribution is -2.49. The van der Waals surface area contributed by atoms with E-state index in [9.17, 15) is 9.59 Å². The van der Waals surface area contributed by atoms with Crippen LogP contribution in [0.3, 0.4) is 0 Å². The lowest BCUT2D eigenvalue weighted by atomic mass is 9.99. The van der Waals surface area contributed by atoms with Crippen LogP contribution >= 0.6 is 0 Å². The SMILES string of the molecule is CC(=O)NC[C@H]1[C@H](CO[Si](C)(C)C(C)(C)C)C[C@H](C(=O)OC(C)(C)C)N1Cc1ccccc1. The van der Waals surface area contributed by atoms with Crippen LogP contribution in [0.25, 0.3) is 0 Å². The molecule has 1 heterocycles. The molecule has 186 valence electrons. The Morgan fingerprint density at radius 2 is 1.70 bits per heavy atom. The second-order valence-electron chi connectivity index (χ2n) is 11.8. The topological polar surface area (TPSA) is 67.9 Å². The van der Waals surface area contributed by atoms with E-state index in [1.165, 1.54) is 6.92 Å². The van der Waals surface area contributed by atoms with Crippen molar-refractivity contribution in [3.05, 3.63) is 35.9 Å². The van der Waals surface area contributed by atoms with Gasteiger partial charge < -0.3 is 14.5 Å². The minimum atomic E-state index is -1.95. The zero-order chi connectivity index (χ0) is 25.0. The molecular weight excluding hydrogens is 432 g/mol. The Morgan fingerprint density at radius 3 is 2.21 bits per heavy atom. The Morgan fingerprint density at radius 1 is 1.09 bits per heavy atom. The van der Waals surface area contributed by atoms with Crippen molar-refractivity contribution >= 4 is 20.2 Å². The highest BCUT2D eigenvalue weighted by Gasteiger charge is 2.47. The number of rotatable bonds is 8. The number of ether oxygens (including phenoxy) is 1. The van der Waals surface area contributed by atoms with E-state index >= 15 is 0 Å². The van der Waals surface area contributed by atoms with Gasteiger partial charge in [-0.2, -0.15) is 0 Å². The van der Waals surface area contributed by atoms with Gasteiger partial charge in [-0.25, -0.2) is 0 Å². The van der Waals surface area contributed by atoms with Crippen molar-refractivity contribution in [2.24, 2.45) is 5.92 Å². The molecule has 1 fully saturated rings. The van der Waals surface area contributed by atoms with Crippen LogP contribution in [0.4, 0.5) is 0 Å². The summed E-state index contributed by atoms with van der Waals surface area (Å²) in [6.45, 7) is 20.1. The van der Waals surface area contributed by atoms with Crippen molar-refractivity contribution in [3.8, 4) is 0 Å². The molecule has 2 rings (SSSR count). The fourth-order valence-corrected chi connectivity index (χ4v) is 5.01. The van der Waals surface area contributed by atoms with Crippen LogP contribution in [0.15, 0.2) is 30.3 Å². The number of hydrogen-bond donors (Lipinski definition) is 1. The summed E-state index contributed by atoms with van der Waals surface area (Å²) in [7, 11) is -1.95. The molecule has 1 amide bonds. The molecule has 6 nitrogen and oxygen atoms in total. The predicted molar refractivity (Wildman–Crippen MR) is 135 cm³/mol. The van der Waals surface area contributed by atoms with E-state index in [1.807, 2.05) is 39.0 Å². The molecule has 1 saturated heterocycles. The van der Waals surface area contributed by atoms with Crippen LogP contribution in [-0.4, -0.2) is 55.9 Å². The second kappa shape index (κ2) is 10.7. The van der Waals surface area contributed by atoms with Gasteiger partial charge in [0.05, 0.1) is 0 Å². The Kier molecular flexibility index (Phi) is 8.93. The van der Waals surface area contributed by atoms with Gasteiger partial charge >= 0.3 is 5.97 Å². The first kappa shape index (κ1) is 27.5. The van der Waals surface area contributed by atoms with E-state index in [0.29, 0.717) is 26.1 Å². The maximum atomic E-state index is 13.3. The molecule has 0 aliphatic carbocycles. The first-order chi connectivity index (χ1) is 15.1. The molecule has 33 heavy (non-hydrogen) atoms. The first-order valence-electron chi connectivity index (χ1n) is 12.0. The minimum Gasteiger partial charge on any atom is -0.459 e. The average molecular weight is 477 g/mol. The number of nitrogens with zero attached hydrogens (tertiary/aromatic N) is 1. The number of likely N-dealkylation sites (tertiary alicyclic amines) is 1. The van der Waals surface area contributed by atoms with Gasteiger partial charge in [-0.1, -0.05) is 51.1 Å². The summed E-state index contributed by atoms with van der Waals surface area (Å²) in [4.78, 5) is 27.3.